The van der Waals surface area contributed by atoms with Gasteiger partial charge in [-0.2, -0.15) is 0 Å². The maximum atomic E-state index is 11.8. The number of nitrogens with two attached hydrogens (primary N) is 1. The third-order valence-electron chi connectivity index (χ3n) is 4.17. The number of benzene rings is 2. The van der Waals surface area contributed by atoms with Crippen molar-refractivity contribution in [2.75, 3.05) is 6.54 Å². The van der Waals surface area contributed by atoms with Crippen molar-refractivity contribution in [3.8, 4) is 11.1 Å². The summed E-state index contributed by atoms with van der Waals surface area (Å²) in [6.07, 6.45) is 1.38. The van der Waals surface area contributed by atoms with Crippen LogP contribution in [-0.4, -0.2) is 22.4 Å². The number of H-pyrrole nitrogens is 1. The second-order valence-corrected chi connectivity index (χ2v) is 6.19. The van der Waals surface area contributed by atoms with E-state index in [1.807, 2.05) is 31.2 Å². The van der Waals surface area contributed by atoms with Crippen molar-refractivity contribution < 1.29 is 4.79 Å². The maximum Gasteiger partial charge on any atom is 0.250 e. The van der Waals surface area contributed by atoms with E-state index in [0.29, 0.717) is 29.1 Å². The van der Waals surface area contributed by atoms with Crippen LogP contribution < -0.4 is 5.73 Å². The lowest BCUT2D eigenvalue weighted by Crippen LogP contribution is -2.12. The first kappa shape index (κ1) is 17.8. The number of carbonyl (C=O) groups is 1. The molecular formula is C18H17ClN6O. The van der Waals surface area contributed by atoms with E-state index in [2.05, 4.69) is 20.0 Å². The molecule has 3 rings (SSSR count). The minimum Gasteiger partial charge on any atom is -0.366 e. The molecule has 0 saturated carbocycles. The Hall–Kier alpha value is -3.02. The third-order valence-corrected chi connectivity index (χ3v) is 4.56. The Balaban J connectivity index is 2.13. The van der Waals surface area contributed by atoms with Crippen LogP contribution >= 0.6 is 11.6 Å². The number of aromatic amines is 1. The van der Waals surface area contributed by atoms with E-state index >= 15 is 0 Å². The van der Waals surface area contributed by atoms with Crippen LogP contribution in [0.3, 0.4) is 0 Å². The summed E-state index contributed by atoms with van der Waals surface area (Å²) in [5.74, 6) is 0.224. The fourth-order valence-electron chi connectivity index (χ4n) is 2.85. The Morgan fingerprint density at radius 3 is 2.73 bits per heavy atom. The van der Waals surface area contributed by atoms with Crippen LogP contribution in [0.4, 0.5) is 0 Å². The fourth-order valence-corrected chi connectivity index (χ4v) is 3.20. The summed E-state index contributed by atoms with van der Waals surface area (Å²) in [5.41, 5.74) is 18.1. The number of hydrogen-bond acceptors (Lipinski definition) is 3. The minimum atomic E-state index is -0.586. The largest absolute Gasteiger partial charge is 0.366 e. The Bertz CT molecular complexity index is 1020. The summed E-state index contributed by atoms with van der Waals surface area (Å²) in [7, 11) is 0. The highest BCUT2D eigenvalue weighted by molar-refractivity contribution is 6.38. The number of rotatable bonds is 6. The number of nitrogens with one attached hydrogen (secondary N) is 1. The van der Waals surface area contributed by atoms with Crippen molar-refractivity contribution in [2.45, 2.75) is 19.8 Å². The molecular weight excluding hydrogens is 352 g/mol. The van der Waals surface area contributed by atoms with Gasteiger partial charge in [0.05, 0.1) is 21.6 Å². The number of hydrogen-bond donors (Lipinski definition) is 2. The number of primary amides is 1. The summed E-state index contributed by atoms with van der Waals surface area (Å²) in [6.45, 7) is 2.39. The summed E-state index contributed by atoms with van der Waals surface area (Å²) < 4.78 is 0. The lowest BCUT2D eigenvalue weighted by molar-refractivity contribution is 0.100. The monoisotopic (exact) mass is 368 g/mol. The number of imidazole rings is 1. The highest BCUT2D eigenvalue weighted by Crippen LogP contribution is 2.37. The molecule has 8 heteroatoms. The molecule has 132 valence electrons. The van der Waals surface area contributed by atoms with Crippen LogP contribution in [0.5, 0.6) is 0 Å². The topological polar surface area (TPSA) is 121 Å². The number of amides is 1. The predicted molar refractivity (Wildman–Crippen MR) is 102 cm³/mol. The Kier molecular flexibility index (Phi) is 5.11. The van der Waals surface area contributed by atoms with Crippen molar-refractivity contribution in [3.05, 3.63) is 62.7 Å². The number of nitrogens with zero attached hydrogens (tertiary/aromatic N) is 4. The van der Waals surface area contributed by atoms with E-state index in [0.717, 1.165) is 28.9 Å². The molecule has 3 N–H and O–H groups in total. The molecule has 1 aromatic heterocycles. The second kappa shape index (κ2) is 7.47. The first-order valence-corrected chi connectivity index (χ1v) is 8.54. The molecule has 0 bridgehead atoms. The first-order chi connectivity index (χ1) is 12.5. The van der Waals surface area contributed by atoms with Crippen LogP contribution in [0.15, 0.2) is 35.4 Å². The Morgan fingerprint density at radius 1 is 1.38 bits per heavy atom. The predicted octanol–water partition coefficient (Wildman–Crippen LogP) is 4.40. The zero-order chi connectivity index (χ0) is 18.7. The summed E-state index contributed by atoms with van der Waals surface area (Å²) in [4.78, 5) is 22.3. The van der Waals surface area contributed by atoms with Gasteiger partial charge < -0.3 is 10.7 Å². The molecule has 0 fully saturated rings. The van der Waals surface area contributed by atoms with Crippen LogP contribution in [-0.2, 0) is 12.8 Å². The molecule has 0 aliphatic rings. The van der Waals surface area contributed by atoms with Gasteiger partial charge in [-0.25, -0.2) is 4.98 Å². The molecule has 3 aromatic rings. The van der Waals surface area contributed by atoms with Gasteiger partial charge in [-0.15, -0.1) is 0 Å². The molecule has 0 saturated heterocycles. The van der Waals surface area contributed by atoms with Crippen LogP contribution in [0.25, 0.3) is 32.6 Å². The van der Waals surface area contributed by atoms with E-state index < -0.39 is 5.91 Å². The van der Waals surface area contributed by atoms with Gasteiger partial charge in [0.15, 0.2) is 0 Å². The number of aromatic nitrogens is 2. The number of aryl methyl sites for hydroxylation is 1. The number of carbonyl (C=O) groups excluding carboxylic acids is 1. The number of azide groups is 1. The lowest BCUT2D eigenvalue weighted by atomic mass is 9.99. The first-order valence-electron chi connectivity index (χ1n) is 8.16. The number of fused-ring (bicyclic) bond motifs is 1. The smallest absolute Gasteiger partial charge is 0.250 e. The van der Waals surface area contributed by atoms with Crippen LogP contribution in [0.2, 0.25) is 5.02 Å². The second-order valence-electron chi connectivity index (χ2n) is 5.81. The third kappa shape index (κ3) is 3.35. The fraction of sp³-hybridized carbons (Fsp3) is 0.222. The summed E-state index contributed by atoms with van der Waals surface area (Å²) in [6, 6.07) is 9.35. The van der Waals surface area contributed by atoms with Gasteiger partial charge in [0, 0.05) is 23.4 Å². The molecule has 1 amide bonds. The minimum absolute atomic E-state index is 0.257. The summed E-state index contributed by atoms with van der Waals surface area (Å²) in [5, 5.41) is 3.83. The van der Waals surface area contributed by atoms with Gasteiger partial charge in [-0.05, 0) is 29.1 Å². The van der Waals surface area contributed by atoms with Gasteiger partial charge in [-0.1, -0.05) is 47.9 Å². The van der Waals surface area contributed by atoms with Crippen molar-refractivity contribution >= 4 is 28.5 Å². The number of halogens is 1. The van der Waals surface area contributed by atoms with E-state index in [1.165, 1.54) is 0 Å². The van der Waals surface area contributed by atoms with Gasteiger partial charge in [0.25, 0.3) is 0 Å². The van der Waals surface area contributed by atoms with E-state index in [-0.39, 0.29) is 5.56 Å². The molecule has 0 aliphatic carbocycles. The standard InChI is InChI=1S/C18H17ClN6O/c1-2-14-23-13-9-12(18(20)26)16(19)15(17(13)24-14)11-5-3-10(4-6-11)7-8-22-25-21/h3-6,9H,2,7-8H2,1H3,(H2,20,26)(H,23,24). The molecule has 0 spiro atoms. The van der Waals surface area contributed by atoms with Crippen molar-refractivity contribution in [1.82, 2.24) is 9.97 Å². The zero-order valence-electron chi connectivity index (χ0n) is 14.2. The highest BCUT2D eigenvalue weighted by atomic mass is 35.5. The quantitative estimate of drug-likeness (QED) is 0.380. The van der Waals surface area contributed by atoms with E-state index in [4.69, 9.17) is 22.9 Å². The molecule has 0 unspecified atom stereocenters. The van der Waals surface area contributed by atoms with Gasteiger partial charge in [0.1, 0.15) is 5.82 Å². The van der Waals surface area contributed by atoms with Crippen LogP contribution in [0.1, 0.15) is 28.7 Å². The molecule has 26 heavy (non-hydrogen) atoms. The highest BCUT2D eigenvalue weighted by Gasteiger charge is 2.19. The maximum absolute atomic E-state index is 11.8. The molecule has 0 atom stereocenters. The zero-order valence-corrected chi connectivity index (χ0v) is 14.9. The molecule has 1 heterocycles. The summed E-state index contributed by atoms with van der Waals surface area (Å²) >= 11 is 6.50. The SMILES string of the molecule is CCc1nc2c(-c3ccc(CCN=[N+]=[N-])cc3)c(Cl)c(C(N)=O)cc2[nH]1. The van der Waals surface area contributed by atoms with Gasteiger partial charge in [0.2, 0.25) is 5.91 Å². The molecule has 7 nitrogen and oxygen atoms in total. The Labute approximate surface area is 154 Å². The lowest BCUT2D eigenvalue weighted by Gasteiger charge is -2.10. The normalized spacial score (nSPS) is 10.7. The van der Waals surface area contributed by atoms with Crippen molar-refractivity contribution in [3.63, 3.8) is 0 Å². The van der Waals surface area contributed by atoms with Gasteiger partial charge >= 0.3 is 0 Å². The van der Waals surface area contributed by atoms with E-state index in [9.17, 15) is 4.79 Å². The average molecular weight is 369 g/mol. The average Bonchev–Trinajstić information content (AvgIpc) is 3.05. The Morgan fingerprint density at radius 2 is 2.12 bits per heavy atom. The molecule has 0 aliphatic heterocycles. The van der Waals surface area contributed by atoms with Crippen molar-refractivity contribution in [2.24, 2.45) is 10.8 Å². The van der Waals surface area contributed by atoms with Crippen molar-refractivity contribution in [1.29, 1.82) is 0 Å². The molecule has 2 aromatic carbocycles. The van der Waals surface area contributed by atoms with Crippen LogP contribution in [0, 0.1) is 0 Å². The van der Waals surface area contributed by atoms with E-state index in [1.54, 1.807) is 6.07 Å². The molecule has 0 radical (unpaired) electrons. The van der Waals surface area contributed by atoms with Gasteiger partial charge in [-0.3, -0.25) is 4.79 Å².